The van der Waals surface area contributed by atoms with Crippen molar-refractivity contribution < 1.29 is 22.3 Å². The minimum absolute atomic E-state index is 0.323. The average Bonchev–Trinajstić information content (AvgIpc) is 3.20. The molecule has 0 aliphatic carbocycles. The van der Waals surface area contributed by atoms with Crippen molar-refractivity contribution in [1.82, 2.24) is 19.2 Å². The van der Waals surface area contributed by atoms with Crippen LogP contribution < -0.4 is 10.4 Å². The molecule has 5 aromatic rings. The van der Waals surface area contributed by atoms with Gasteiger partial charge in [-0.15, -0.1) is 18.3 Å². The minimum atomic E-state index is -4.76. The molecule has 10 heteroatoms. The summed E-state index contributed by atoms with van der Waals surface area (Å²) in [6.45, 7) is 0.360. The van der Waals surface area contributed by atoms with E-state index < -0.39 is 6.36 Å². The maximum atomic E-state index is 14.3. The molecule has 5 rings (SSSR count). The van der Waals surface area contributed by atoms with E-state index in [1.165, 1.54) is 39.4 Å². The van der Waals surface area contributed by atoms with Crippen LogP contribution in [0.15, 0.2) is 90.1 Å². The van der Waals surface area contributed by atoms with E-state index in [1.807, 2.05) is 0 Å². The molecule has 3 aromatic heterocycles. The number of hydrogen-bond donors (Lipinski definition) is 0. The summed E-state index contributed by atoms with van der Waals surface area (Å²) in [5.74, 6) is -0.650. The first-order chi connectivity index (χ1) is 17.8. The molecule has 0 fully saturated rings. The van der Waals surface area contributed by atoms with Gasteiger partial charge < -0.3 is 4.74 Å². The first-order valence-corrected chi connectivity index (χ1v) is 11.4. The van der Waals surface area contributed by atoms with Gasteiger partial charge in [-0.25, -0.2) is 18.3 Å². The van der Waals surface area contributed by atoms with Crippen LogP contribution in [0.4, 0.5) is 17.6 Å². The standard InChI is InChI=1S/C27H20F4N4O2/c28-24-11-5-18(15-23(24)20-4-1-13-32-16-20)3-2-14-35-26(36)34-17-21(8-12-25(34)33-35)19-6-9-22(10-7-19)37-27(29,30)31/h1,4-13,15-17H,2-3,14H2. The number of halogens is 4. The highest BCUT2D eigenvalue weighted by Crippen LogP contribution is 2.27. The topological polar surface area (TPSA) is 61.4 Å². The molecule has 37 heavy (non-hydrogen) atoms. The number of ether oxygens (including phenoxy) is 1. The van der Waals surface area contributed by atoms with Crippen LogP contribution in [0.5, 0.6) is 5.75 Å². The maximum absolute atomic E-state index is 14.3. The monoisotopic (exact) mass is 508 g/mol. The Morgan fingerprint density at radius 3 is 2.43 bits per heavy atom. The quantitative estimate of drug-likeness (QED) is 0.257. The van der Waals surface area contributed by atoms with E-state index in [2.05, 4.69) is 14.8 Å². The fourth-order valence-corrected chi connectivity index (χ4v) is 4.09. The fourth-order valence-electron chi connectivity index (χ4n) is 4.09. The first kappa shape index (κ1) is 24.2. The second kappa shape index (κ2) is 9.88. The molecule has 0 spiro atoms. The third kappa shape index (κ3) is 5.53. The summed E-state index contributed by atoms with van der Waals surface area (Å²) < 4.78 is 58.1. The number of fused-ring (bicyclic) bond motifs is 1. The third-order valence-electron chi connectivity index (χ3n) is 5.84. The van der Waals surface area contributed by atoms with Gasteiger partial charge in [0.25, 0.3) is 0 Å². The van der Waals surface area contributed by atoms with Gasteiger partial charge in [-0.2, -0.15) is 0 Å². The number of aryl methyl sites for hydroxylation is 2. The van der Waals surface area contributed by atoms with Crippen molar-refractivity contribution >= 4 is 5.65 Å². The lowest BCUT2D eigenvalue weighted by Gasteiger charge is -2.09. The van der Waals surface area contributed by atoms with Gasteiger partial charge >= 0.3 is 12.1 Å². The van der Waals surface area contributed by atoms with Crippen molar-refractivity contribution in [2.75, 3.05) is 0 Å². The van der Waals surface area contributed by atoms with E-state index in [0.717, 1.165) is 5.56 Å². The van der Waals surface area contributed by atoms with Crippen LogP contribution in [-0.2, 0) is 13.0 Å². The lowest BCUT2D eigenvalue weighted by atomic mass is 10.0. The van der Waals surface area contributed by atoms with Crippen LogP contribution in [0.3, 0.4) is 0 Å². The number of hydrogen-bond acceptors (Lipinski definition) is 4. The van der Waals surface area contributed by atoms with E-state index in [1.54, 1.807) is 55.0 Å². The van der Waals surface area contributed by atoms with E-state index in [9.17, 15) is 22.4 Å². The predicted molar refractivity (Wildman–Crippen MR) is 130 cm³/mol. The summed E-state index contributed by atoms with van der Waals surface area (Å²) in [6, 6.07) is 17.3. The Balaban J connectivity index is 1.29. The smallest absolute Gasteiger partial charge is 0.406 e. The van der Waals surface area contributed by atoms with Crippen LogP contribution in [0.2, 0.25) is 0 Å². The van der Waals surface area contributed by atoms with Gasteiger partial charge in [-0.3, -0.25) is 4.98 Å². The molecule has 188 valence electrons. The Morgan fingerprint density at radius 2 is 1.70 bits per heavy atom. The minimum Gasteiger partial charge on any atom is -0.406 e. The van der Waals surface area contributed by atoms with Crippen molar-refractivity contribution in [2.45, 2.75) is 25.7 Å². The predicted octanol–water partition coefficient (Wildman–Crippen LogP) is 5.90. The zero-order valence-electron chi connectivity index (χ0n) is 19.3. The Kier molecular flexibility index (Phi) is 6.47. The number of nitrogens with zero attached hydrogens (tertiary/aromatic N) is 4. The molecule has 2 aromatic carbocycles. The Bertz CT molecular complexity index is 1590. The van der Waals surface area contributed by atoms with E-state index in [0.29, 0.717) is 47.3 Å². The van der Waals surface area contributed by atoms with Crippen molar-refractivity contribution in [3.05, 3.63) is 107 Å². The Morgan fingerprint density at radius 1 is 0.919 bits per heavy atom. The molecule has 3 heterocycles. The third-order valence-corrected chi connectivity index (χ3v) is 5.84. The van der Waals surface area contributed by atoms with Crippen LogP contribution in [0.25, 0.3) is 27.9 Å². The summed E-state index contributed by atoms with van der Waals surface area (Å²) >= 11 is 0. The molecule has 0 radical (unpaired) electrons. The van der Waals surface area contributed by atoms with Crippen molar-refractivity contribution in [3.63, 3.8) is 0 Å². The molecule has 6 nitrogen and oxygen atoms in total. The molecule has 0 atom stereocenters. The molecule has 0 amide bonds. The van der Waals surface area contributed by atoms with E-state index in [4.69, 9.17) is 0 Å². The van der Waals surface area contributed by atoms with Crippen LogP contribution >= 0.6 is 0 Å². The summed E-state index contributed by atoms with van der Waals surface area (Å²) in [5.41, 5.74) is 3.48. The first-order valence-electron chi connectivity index (χ1n) is 11.4. The number of alkyl halides is 3. The van der Waals surface area contributed by atoms with Gasteiger partial charge in [-0.1, -0.05) is 24.3 Å². The van der Waals surface area contributed by atoms with Gasteiger partial charge in [-0.05, 0) is 72.0 Å². The van der Waals surface area contributed by atoms with Crippen LogP contribution in [0.1, 0.15) is 12.0 Å². The summed E-state index contributed by atoms with van der Waals surface area (Å²) in [7, 11) is 0. The highest BCUT2D eigenvalue weighted by molar-refractivity contribution is 5.65. The second-order valence-corrected chi connectivity index (χ2v) is 8.38. The van der Waals surface area contributed by atoms with Crippen LogP contribution in [0, 0.1) is 5.82 Å². The van der Waals surface area contributed by atoms with E-state index >= 15 is 0 Å². The van der Waals surface area contributed by atoms with Crippen molar-refractivity contribution in [1.29, 1.82) is 0 Å². The zero-order chi connectivity index (χ0) is 26.0. The molecular formula is C27H20F4N4O2. The molecule has 0 bridgehead atoms. The maximum Gasteiger partial charge on any atom is 0.573 e. The number of rotatable bonds is 7. The van der Waals surface area contributed by atoms with Gasteiger partial charge in [0.05, 0.1) is 0 Å². The van der Waals surface area contributed by atoms with Gasteiger partial charge in [0.1, 0.15) is 11.6 Å². The van der Waals surface area contributed by atoms with Crippen LogP contribution in [-0.4, -0.2) is 25.5 Å². The summed E-state index contributed by atoms with van der Waals surface area (Å²) in [5, 5.41) is 4.37. The second-order valence-electron chi connectivity index (χ2n) is 8.38. The summed E-state index contributed by atoms with van der Waals surface area (Å²) in [6.07, 6.45) is 1.30. The van der Waals surface area contributed by atoms with E-state index in [-0.39, 0.29) is 17.3 Å². The van der Waals surface area contributed by atoms with Gasteiger partial charge in [0.2, 0.25) is 0 Å². The van der Waals surface area contributed by atoms with Crippen molar-refractivity contribution in [2.24, 2.45) is 0 Å². The lowest BCUT2D eigenvalue weighted by Crippen LogP contribution is -2.21. The largest absolute Gasteiger partial charge is 0.573 e. The number of aromatic nitrogens is 4. The molecule has 0 N–H and O–H groups in total. The highest BCUT2D eigenvalue weighted by Gasteiger charge is 2.31. The molecule has 0 saturated carbocycles. The Hall–Kier alpha value is -4.47. The molecule has 0 unspecified atom stereocenters. The molecule has 0 saturated heterocycles. The Labute approximate surface area is 208 Å². The van der Waals surface area contributed by atoms with Gasteiger partial charge in [0.15, 0.2) is 5.65 Å². The summed E-state index contributed by atoms with van der Waals surface area (Å²) in [4.78, 5) is 17.0. The lowest BCUT2D eigenvalue weighted by molar-refractivity contribution is -0.274. The normalized spacial score (nSPS) is 11.7. The van der Waals surface area contributed by atoms with Crippen molar-refractivity contribution in [3.8, 4) is 28.0 Å². The molecule has 0 aliphatic heterocycles. The average molecular weight is 508 g/mol. The van der Waals surface area contributed by atoms with Gasteiger partial charge in [0, 0.05) is 36.3 Å². The number of benzene rings is 2. The number of pyridine rings is 2. The zero-order valence-corrected chi connectivity index (χ0v) is 19.3. The SMILES string of the molecule is O=c1n(CCCc2ccc(F)c(-c3cccnc3)c2)nc2ccc(-c3ccc(OC(F)(F)F)cc3)cn12. The molecule has 0 aliphatic rings. The fraction of sp³-hybridized carbons (Fsp3) is 0.148. The molecular weight excluding hydrogens is 488 g/mol. The highest BCUT2D eigenvalue weighted by atomic mass is 19.4.